The van der Waals surface area contributed by atoms with Gasteiger partial charge in [-0.2, -0.15) is 10.2 Å². The molecule has 0 unspecified atom stereocenters. The zero-order valence-electron chi connectivity index (χ0n) is 26.6. The van der Waals surface area contributed by atoms with Gasteiger partial charge in [-0.3, -0.25) is 9.36 Å². The van der Waals surface area contributed by atoms with E-state index >= 15 is 0 Å². The molecule has 0 fully saturated rings. The minimum Gasteiger partial charge on any atom is -0.508 e. The Hall–Kier alpha value is -4.80. The zero-order chi connectivity index (χ0) is 33.9. The van der Waals surface area contributed by atoms with Crippen molar-refractivity contribution in [1.29, 1.82) is 0 Å². The molecule has 0 amide bonds. The number of hydrogen-bond donors (Lipinski definition) is 1. The van der Waals surface area contributed by atoms with Crippen molar-refractivity contribution < 1.29 is 28.9 Å². The number of hydrogen-bond acceptors (Lipinski definition) is 8. The van der Waals surface area contributed by atoms with Crippen LogP contribution in [0.2, 0.25) is 10.0 Å². The Kier molecular flexibility index (Phi) is 12.4. The fourth-order valence-electron chi connectivity index (χ4n) is 4.50. The number of benzene rings is 3. The van der Waals surface area contributed by atoms with Gasteiger partial charge < -0.3 is 19.3 Å². The minimum atomic E-state index is -0.454. The Morgan fingerprint density at radius 2 is 1.23 bits per heavy atom. The number of ether oxygens (including phenoxy) is 3. The Morgan fingerprint density at radius 3 is 1.79 bits per heavy atom. The molecule has 0 aliphatic rings. The van der Waals surface area contributed by atoms with Crippen LogP contribution in [0.1, 0.15) is 62.9 Å². The molecule has 3 aromatic carbocycles. The lowest BCUT2D eigenvalue weighted by Crippen LogP contribution is -2.09. The lowest BCUT2D eigenvalue weighted by atomic mass is 10.2. The maximum atomic E-state index is 11.9. The molecule has 0 spiro atoms. The van der Waals surface area contributed by atoms with Gasteiger partial charge in [0.05, 0.1) is 26.3 Å². The maximum absolute atomic E-state index is 11.9. The third-order valence-corrected chi connectivity index (χ3v) is 7.34. The van der Waals surface area contributed by atoms with Crippen LogP contribution in [0.25, 0.3) is 0 Å². The van der Waals surface area contributed by atoms with Crippen LogP contribution in [0.5, 0.6) is 11.5 Å². The molecular weight excluding hydrogens is 643 g/mol. The van der Waals surface area contributed by atoms with E-state index in [0.29, 0.717) is 54.2 Å². The summed E-state index contributed by atoms with van der Waals surface area (Å²) >= 11 is 12.1. The SMILES string of the molecule is CCOC(=O)c1cc(C)n(Cc2cc(Cl)ccc2O)n1.CCOC(=O)c1cc(C)n(Cc2cc(Cl)ccc2OCc2ccccc2)n1. The fourth-order valence-corrected chi connectivity index (χ4v) is 4.89. The van der Waals surface area contributed by atoms with Gasteiger partial charge in [-0.05, 0) is 81.8 Å². The highest BCUT2D eigenvalue weighted by Gasteiger charge is 2.16. The van der Waals surface area contributed by atoms with E-state index in [9.17, 15) is 14.7 Å². The molecule has 5 aromatic rings. The monoisotopic (exact) mass is 678 g/mol. The van der Waals surface area contributed by atoms with E-state index < -0.39 is 11.9 Å². The second-order valence-corrected chi connectivity index (χ2v) is 11.3. The number of carbonyl (C=O) groups is 2. The number of carbonyl (C=O) groups excluding carboxylic acids is 2. The molecule has 0 aliphatic heterocycles. The highest BCUT2D eigenvalue weighted by Crippen LogP contribution is 2.26. The Balaban J connectivity index is 0.000000223. The van der Waals surface area contributed by atoms with Gasteiger partial charge in [-0.1, -0.05) is 53.5 Å². The topological polar surface area (TPSA) is 118 Å². The Labute approximate surface area is 283 Å². The Bertz CT molecular complexity index is 1820. The molecule has 0 saturated heterocycles. The van der Waals surface area contributed by atoms with Crippen molar-refractivity contribution in [1.82, 2.24) is 19.6 Å². The third-order valence-electron chi connectivity index (χ3n) is 6.87. The molecule has 0 atom stereocenters. The molecular formula is C35H36Cl2N4O6. The summed E-state index contributed by atoms with van der Waals surface area (Å²) in [6.45, 7) is 9.09. The summed E-state index contributed by atoms with van der Waals surface area (Å²) in [7, 11) is 0. The summed E-state index contributed by atoms with van der Waals surface area (Å²) in [5, 5.41) is 19.5. The lowest BCUT2D eigenvalue weighted by molar-refractivity contribution is 0.0509. The van der Waals surface area contributed by atoms with Crippen LogP contribution in [-0.4, -0.2) is 49.8 Å². The maximum Gasteiger partial charge on any atom is 0.358 e. The van der Waals surface area contributed by atoms with E-state index in [1.807, 2.05) is 56.3 Å². The molecule has 1 N–H and O–H groups in total. The highest BCUT2D eigenvalue weighted by molar-refractivity contribution is 6.31. The number of phenolic OH excluding ortho intramolecular Hbond substituents is 1. The van der Waals surface area contributed by atoms with Crippen molar-refractivity contribution >= 4 is 35.1 Å². The lowest BCUT2D eigenvalue weighted by Gasteiger charge is -2.13. The molecule has 0 aliphatic carbocycles. The van der Waals surface area contributed by atoms with E-state index in [1.54, 1.807) is 53.5 Å². The number of nitrogens with zero attached hydrogens (tertiary/aromatic N) is 4. The average Bonchev–Trinajstić information content (AvgIpc) is 3.61. The normalized spacial score (nSPS) is 10.6. The quantitative estimate of drug-likeness (QED) is 0.143. The number of aromatic hydroxyl groups is 1. The van der Waals surface area contributed by atoms with Crippen LogP contribution in [0.3, 0.4) is 0 Å². The average molecular weight is 680 g/mol. The number of esters is 2. The first-order chi connectivity index (χ1) is 22.6. The molecule has 10 nitrogen and oxygen atoms in total. The highest BCUT2D eigenvalue weighted by atomic mass is 35.5. The Morgan fingerprint density at radius 1 is 0.723 bits per heavy atom. The van der Waals surface area contributed by atoms with Gasteiger partial charge in [0.25, 0.3) is 0 Å². The number of aryl methyl sites for hydroxylation is 2. The van der Waals surface area contributed by atoms with Crippen LogP contribution < -0.4 is 4.74 Å². The molecule has 0 radical (unpaired) electrons. The van der Waals surface area contributed by atoms with Gasteiger partial charge in [0.15, 0.2) is 11.4 Å². The summed E-state index contributed by atoms with van der Waals surface area (Å²) in [6.07, 6.45) is 0. The number of rotatable bonds is 11. The van der Waals surface area contributed by atoms with E-state index in [4.69, 9.17) is 37.4 Å². The minimum absolute atomic E-state index is 0.141. The van der Waals surface area contributed by atoms with Crippen LogP contribution in [0, 0.1) is 13.8 Å². The summed E-state index contributed by atoms with van der Waals surface area (Å²) in [5.74, 6) is -0.00603. The van der Waals surface area contributed by atoms with Gasteiger partial charge in [0, 0.05) is 32.6 Å². The third kappa shape index (κ3) is 9.84. The molecule has 246 valence electrons. The number of halogens is 2. The first-order valence-corrected chi connectivity index (χ1v) is 15.7. The summed E-state index contributed by atoms with van der Waals surface area (Å²) in [6, 6.07) is 23.6. The summed E-state index contributed by atoms with van der Waals surface area (Å²) in [4.78, 5) is 23.5. The largest absolute Gasteiger partial charge is 0.508 e. The van der Waals surface area contributed by atoms with Crippen molar-refractivity contribution in [3.05, 3.63) is 128 Å². The smallest absolute Gasteiger partial charge is 0.358 e. The van der Waals surface area contributed by atoms with Crippen LogP contribution >= 0.6 is 23.2 Å². The van der Waals surface area contributed by atoms with Crippen molar-refractivity contribution in [2.24, 2.45) is 0 Å². The first-order valence-electron chi connectivity index (χ1n) is 14.9. The van der Waals surface area contributed by atoms with E-state index in [-0.39, 0.29) is 11.4 Å². The predicted molar refractivity (Wildman–Crippen MR) is 179 cm³/mol. The van der Waals surface area contributed by atoms with Crippen LogP contribution in [0.15, 0.2) is 78.9 Å². The molecule has 2 heterocycles. The summed E-state index contributed by atoms with van der Waals surface area (Å²) < 4.78 is 19.3. The second kappa shape index (κ2) is 16.7. The summed E-state index contributed by atoms with van der Waals surface area (Å²) in [5.41, 5.74) is 4.81. The van der Waals surface area contributed by atoms with E-state index in [2.05, 4.69) is 10.2 Å². The van der Waals surface area contributed by atoms with Crippen molar-refractivity contribution in [2.45, 2.75) is 47.4 Å². The second-order valence-electron chi connectivity index (χ2n) is 10.4. The van der Waals surface area contributed by atoms with Gasteiger partial charge in [-0.25, -0.2) is 9.59 Å². The van der Waals surface area contributed by atoms with E-state index in [0.717, 1.165) is 28.3 Å². The standard InChI is InChI=1S/C21H21ClN2O3.C14H15ClN2O3/c1-3-26-21(25)19-11-15(2)24(23-19)13-17-12-18(22)9-10-20(17)27-14-16-7-5-4-6-8-16;1-3-20-14(19)12-6-9(2)17(16-12)8-10-7-11(15)4-5-13(10)18/h4-12H,3,13-14H2,1-2H3;4-7,18H,3,8H2,1-2H3. The molecule has 0 bridgehead atoms. The molecule has 5 rings (SSSR count). The van der Waals surface area contributed by atoms with Gasteiger partial charge in [-0.15, -0.1) is 0 Å². The van der Waals surface area contributed by atoms with Crippen LogP contribution in [-0.2, 0) is 29.2 Å². The van der Waals surface area contributed by atoms with Crippen LogP contribution in [0.4, 0.5) is 0 Å². The van der Waals surface area contributed by atoms with E-state index in [1.165, 1.54) is 6.07 Å². The molecule has 47 heavy (non-hydrogen) atoms. The number of aromatic nitrogens is 4. The van der Waals surface area contributed by atoms with Gasteiger partial charge in [0.2, 0.25) is 0 Å². The molecule has 2 aromatic heterocycles. The predicted octanol–water partition coefficient (Wildman–Crippen LogP) is 7.42. The van der Waals surface area contributed by atoms with Crippen molar-refractivity contribution in [2.75, 3.05) is 13.2 Å². The zero-order valence-corrected chi connectivity index (χ0v) is 28.1. The fraction of sp³-hybridized carbons (Fsp3) is 0.257. The number of phenols is 1. The molecule has 12 heteroatoms. The molecule has 0 saturated carbocycles. The van der Waals surface area contributed by atoms with Crippen molar-refractivity contribution in [3.8, 4) is 11.5 Å². The van der Waals surface area contributed by atoms with Gasteiger partial charge in [0.1, 0.15) is 18.1 Å². The first kappa shape index (κ1) is 35.1. The van der Waals surface area contributed by atoms with Crippen molar-refractivity contribution in [3.63, 3.8) is 0 Å². The van der Waals surface area contributed by atoms with Gasteiger partial charge >= 0.3 is 11.9 Å².